The van der Waals surface area contributed by atoms with Gasteiger partial charge in [0.05, 0.1) is 0 Å². The van der Waals surface area contributed by atoms with Crippen molar-refractivity contribution in [2.45, 2.75) is 13.1 Å². The molecule has 18 heteroatoms. The Morgan fingerprint density at radius 1 is 0.543 bits per heavy atom. The van der Waals surface area contributed by atoms with E-state index in [-0.39, 0.29) is 12.6 Å². The molecule has 2 aromatic rings. The molecule has 260 valence electrons. The van der Waals surface area contributed by atoms with Crippen LogP contribution in [-0.4, -0.2) is 140 Å². The molecule has 0 aliphatic carbocycles. The number of hydrogen-bond donors (Lipinski definition) is 8. The van der Waals surface area contributed by atoms with Crippen LogP contribution in [-0.2, 0) is 26.8 Å². The normalized spacial score (nSPS) is 18.6. The maximum absolute atomic E-state index is 11.4. The van der Waals surface area contributed by atoms with Gasteiger partial charge in [0.25, 0.3) is 0 Å². The van der Waals surface area contributed by atoms with E-state index < -0.39 is 23.4 Å². The third-order valence-corrected chi connectivity index (χ3v) is 8.69. The smallest absolute Gasteiger partial charge is 0.324 e. The van der Waals surface area contributed by atoms with Gasteiger partial charge in [-0.25, -0.2) is 0 Å². The average molecular weight is 708 g/mol. The summed E-state index contributed by atoms with van der Waals surface area (Å²) in [5.74, 6) is 0. The fraction of sp³-hybridized carbons (Fsp3) is 0.571. The Kier molecular flexibility index (Phi) is 19.6. The Morgan fingerprint density at radius 2 is 0.848 bits per heavy atom. The standard InChI is InChI=1S/C15H27N3O6P2.C13H21N3.HO3P/c19-25(20,21)13-17-8-6-16(12-15-4-2-1-3-5-15)7-9-18(11-10-17)14-26(22,23)24;1-2-4-13(5-3-1)12-16-10-8-14-6-7-15-9-11-16;1-4(2)3/h1-5H,6-14H2,(H2,19,20,21)(H2,22,23,24);1-5,14-15H,6-12H2;(H-,1,2,3)/p+1. The molecule has 0 radical (unpaired) electrons. The molecular weight excluding hydrogens is 657 g/mol. The quantitative estimate of drug-likeness (QED) is 0.178. The number of nitrogens with one attached hydrogen (secondary N) is 2. The molecule has 0 unspecified atom stereocenters. The van der Waals surface area contributed by atoms with Gasteiger partial charge in [0.1, 0.15) is 12.6 Å². The molecule has 2 aromatic carbocycles. The van der Waals surface area contributed by atoms with E-state index in [4.69, 9.17) is 14.4 Å². The molecule has 0 atom stereocenters. The van der Waals surface area contributed by atoms with E-state index in [1.165, 1.54) is 5.56 Å². The molecule has 0 amide bonds. The highest BCUT2D eigenvalue weighted by Gasteiger charge is 2.25. The van der Waals surface area contributed by atoms with E-state index in [2.05, 4.69) is 50.8 Å². The van der Waals surface area contributed by atoms with E-state index >= 15 is 0 Å². The first-order chi connectivity index (χ1) is 21.8. The topological polar surface area (TPSA) is 210 Å². The van der Waals surface area contributed by atoms with Crippen molar-refractivity contribution in [3.63, 3.8) is 0 Å². The highest BCUT2D eigenvalue weighted by atomic mass is 31.2. The molecule has 8 N–H and O–H groups in total. The van der Waals surface area contributed by atoms with E-state index in [0.29, 0.717) is 45.8 Å². The third-order valence-electron chi connectivity index (χ3n) is 7.15. The second-order valence-electron chi connectivity index (χ2n) is 11.1. The summed E-state index contributed by atoms with van der Waals surface area (Å²) in [5.41, 5.74) is 2.52. The van der Waals surface area contributed by atoms with Crippen molar-refractivity contribution in [3.8, 4) is 0 Å². The fourth-order valence-electron chi connectivity index (χ4n) is 5.00. The molecule has 4 rings (SSSR count). The third kappa shape index (κ3) is 21.4. The maximum Gasteiger partial charge on any atom is 0.692 e. The summed E-state index contributed by atoms with van der Waals surface area (Å²) < 4.78 is 31.4. The second-order valence-corrected chi connectivity index (χ2v) is 14.9. The molecule has 15 nitrogen and oxygen atoms in total. The molecule has 46 heavy (non-hydrogen) atoms. The Labute approximate surface area is 272 Å². The van der Waals surface area contributed by atoms with Crippen molar-refractivity contribution in [3.05, 3.63) is 71.8 Å². The SMILES string of the molecule is O=P(O)(O)CN1CCN(Cc2ccccc2)CCN(CP(=O)(O)O)CC1.O=[P+](O)O.c1ccc(CN2CCNCCNCC2)cc1. The number of hydrogen-bond acceptors (Lipinski definition) is 9. The molecule has 0 saturated carbocycles. The lowest BCUT2D eigenvalue weighted by Gasteiger charge is -2.25. The first-order valence-electron chi connectivity index (χ1n) is 15.1. The first kappa shape index (κ1) is 40.7. The molecule has 2 fully saturated rings. The Balaban J connectivity index is 0.000000311. The van der Waals surface area contributed by atoms with Gasteiger partial charge in [-0.3, -0.25) is 28.7 Å². The molecular formula is C28H50N6O9P3+. The predicted octanol–water partition coefficient (Wildman–Crippen LogP) is 0.686. The summed E-state index contributed by atoms with van der Waals surface area (Å²) >= 11 is 0. The number of benzene rings is 2. The minimum Gasteiger partial charge on any atom is -0.324 e. The Morgan fingerprint density at radius 3 is 1.17 bits per heavy atom. The minimum absolute atomic E-state index is 0.351. The zero-order chi connectivity index (χ0) is 33.8. The molecule has 0 bridgehead atoms. The summed E-state index contributed by atoms with van der Waals surface area (Å²) in [7, 11) is -11.3. The molecule has 2 heterocycles. The fourth-order valence-corrected chi connectivity index (χ4v) is 6.61. The lowest BCUT2D eigenvalue weighted by molar-refractivity contribution is 0.217. The summed E-state index contributed by atoms with van der Waals surface area (Å²) in [6, 6.07) is 20.6. The van der Waals surface area contributed by atoms with Crippen LogP contribution in [0.4, 0.5) is 0 Å². The van der Waals surface area contributed by atoms with Crippen molar-refractivity contribution >= 4 is 23.4 Å². The van der Waals surface area contributed by atoms with Crippen LogP contribution in [0, 0.1) is 0 Å². The van der Waals surface area contributed by atoms with Gasteiger partial charge in [-0.1, -0.05) is 60.7 Å². The van der Waals surface area contributed by atoms with E-state index in [1.54, 1.807) is 9.80 Å². The minimum atomic E-state index is -4.19. The van der Waals surface area contributed by atoms with Gasteiger partial charge < -0.3 is 30.2 Å². The van der Waals surface area contributed by atoms with Crippen LogP contribution in [0.1, 0.15) is 11.1 Å². The van der Waals surface area contributed by atoms with Crippen molar-refractivity contribution in [1.82, 2.24) is 30.2 Å². The molecule has 2 aliphatic rings. The van der Waals surface area contributed by atoms with Crippen LogP contribution >= 0.6 is 23.4 Å². The predicted molar refractivity (Wildman–Crippen MR) is 178 cm³/mol. The zero-order valence-electron chi connectivity index (χ0n) is 26.1. The summed E-state index contributed by atoms with van der Waals surface area (Å²) in [4.78, 5) is 59.3. The van der Waals surface area contributed by atoms with Crippen LogP contribution in [0.5, 0.6) is 0 Å². The van der Waals surface area contributed by atoms with Crippen molar-refractivity contribution in [1.29, 1.82) is 0 Å². The van der Waals surface area contributed by atoms with E-state index in [9.17, 15) is 28.7 Å². The maximum atomic E-state index is 11.4. The molecule has 0 aromatic heterocycles. The highest BCUT2D eigenvalue weighted by Crippen LogP contribution is 2.36. The van der Waals surface area contributed by atoms with Gasteiger partial charge in [-0.05, 0) is 11.1 Å². The molecule has 2 saturated heterocycles. The van der Waals surface area contributed by atoms with Crippen LogP contribution in [0.2, 0.25) is 0 Å². The van der Waals surface area contributed by atoms with Crippen LogP contribution in [0.3, 0.4) is 0 Å². The zero-order valence-corrected chi connectivity index (χ0v) is 28.8. The van der Waals surface area contributed by atoms with E-state index in [0.717, 1.165) is 51.4 Å². The van der Waals surface area contributed by atoms with Gasteiger partial charge in [-0.2, -0.15) is 0 Å². The lowest BCUT2D eigenvalue weighted by atomic mass is 10.2. The summed E-state index contributed by atoms with van der Waals surface area (Å²) in [5, 5.41) is 6.88. The van der Waals surface area contributed by atoms with Gasteiger partial charge in [-0.15, -0.1) is 9.79 Å². The second kappa shape index (κ2) is 22.2. The lowest BCUT2D eigenvalue weighted by Crippen LogP contribution is -2.36. The summed E-state index contributed by atoms with van der Waals surface area (Å²) in [6.45, 7) is 11.3. The Hall–Kier alpha value is -1.48. The van der Waals surface area contributed by atoms with Crippen molar-refractivity contribution in [2.75, 3.05) is 91.1 Å². The van der Waals surface area contributed by atoms with Gasteiger partial charge in [0.2, 0.25) is 0 Å². The largest absolute Gasteiger partial charge is 0.692 e. The average Bonchev–Trinajstić information content (AvgIpc) is 3.15. The highest BCUT2D eigenvalue weighted by molar-refractivity contribution is 7.51. The Bertz CT molecular complexity index is 1160. The van der Waals surface area contributed by atoms with Gasteiger partial charge in [0.15, 0.2) is 0 Å². The number of rotatable bonds is 8. The van der Waals surface area contributed by atoms with Crippen LogP contribution in [0.15, 0.2) is 60.7 Å². The van der Waals surface area contributed by atoms with Crippen molar-refractivity contribution < 1.29 is 43.1 Å². The summed E-state index contributed by atoms with van der Waals surface area (Å²) in [6.07, 6.45) is -0.703. The first-order valence-corrected chi connectivity index (χ1v) is 19.9. The van der Waals surface area contributed by atoms with Crippen LogP contribution < -0.4 is 10.6 Å². The molecule has 2 aliphatic heterocycles. The van der Waals surface area contributed by atoms with Crippen molar-refractivity contribution in [2.24, 2.45) is 0 Å². The monoisotopic (exact) mass is 707 g/mol. The number of nitrogens with zero attached hydrogens (tertiary/aromatic N) is 4. The van der Waals surface area contributed by atoms with Gasteiger partial charge in [0, 0.05) is 96.2 Å². The molecule has 0 spiro atoms. The van der Waals surface area contributed by atoms with Gasteiger partial charge >= 0.3 is 23.4 Å². The van der Waals surface area contributed by atoms with Crippen LogP contribution in [0.25, 0.3) is 0 Å². The van der Waals surface area contributed by atoms with E-state index in [1.807, 2.05) is 30.3 Å².